The molecule has 1 aliphatic heterocycles. The number of hydrogen-bond acceptors (Lipinski definition) is 6. The minimum Gasteiger partial charge on any atom is -0.459 e. The first-order valence-corrected chi connectivity index (χ1v) is 9.69. The average Bonchev–Trinajstić information content (AvgIpc) is 3.02. The number of benzene rings is 2. The summed E-state index contributed by atoms with van der Waals surface area (Å²) >= 11 is 0. The van der Waals surface area contributed by atoms with E-state index in [1.165, 1.54) is 7.11 Å². The van der Waals surface area contributed by atoms with Gasteiger partial charge in [0.25, 0.3) is 0 Å². The van der Waals surface area contributed by atoms with Crippen molar-refractivity contribution in [3.05, 3.63) is 70.8 Å². The van der Waals surface area contributed by atoms with Gasteiger partial charge in [0.05, 0.1) is 17.7 Å². The van der Waals surface area contributed by atoms with Crippen molar-refractivity contribution in [1.82, 2.24) is 0 Å². The van der Waals surface area contributed by atoms with Crippen LogP contribution in [0.2, 0.25) is 0 Å². The molecule has 1 unspecified atom stereocenters. The highest BCUT2D eigenvalue weighted by molar-refractivity contribution is 5.90. The summed E-state index contributed by atoms with van der Waals surface area (Å²) in [5, 5.41) is 0. The molecule has 1 fully saturated rings. The Hall–Kier alpha value is -2.77. The number of esters is 2. The molecule has 6 nitrogen and oxygen atoms in total. The van der Waals surface area contributed by atoms with E-state index >= 15 is 0 Å². The molecule has 1 aliphatic rings. The fourth-order valence-electron chi connectivity index (χ4n) is 3.18. The van der Waals surface area contributed by atoms with Crippen molar-refractivity contribution in [3.63, 3.8) is 0 Å². The van der Waals surface area contributed by atoms with Gasteiger partial charge in [-0.05, 0) is 38.1 Å². The number of carbonyl (C=O) groups is 2. The highest BCUT2D eigenvalue weighted by Crippen LogP contribution is 2.28. The zero-order valence-electron chi connectivity index (χ0n) is 17.2. The lowest BCUT2D eigenvalue weighted by Crippen LogP contribution is -2.37. The van der Waals surface area contributed by atoms with Gasteiger partial charge >= 0.3 is 11.9 Å². The van der Waals surface area contributed by atoms with Crippen LogP contribution in [0.5, 0.6) is 0 Å². The van der Waals surface area contributed by atoms with Crippen molar-refractivity contribution in [1.29, 1.82) is 0 Å². The second-order valence-electron chi connectivity index (χ2n) is 7.31. The van der Waals surface area contributed by atoms with Crippen molar-refractivity contribution < 1.29 is 32.9 Å². The number of hydrogen-bond donors (Lipinski definition) is 0. The van der Waals surface area contributed by atoms with Gasteiger partial charge in [0.1, 0.15) is 18.8 Å². The molecule has 30 heavy (non-hydrogen) atoms. The molecule has 160 valence electrons. The third kappa shape index (κ3) is 5.23. The minimum atomic E-state index is -1.61. The summed E-state index contributed by atoms with van der Waals surface area (Å²) in [6.45, 7) is 3.54. The van der Waals surface area contributed by atoms with Crippen molar-refractivity contribution >= 4 is 11.9 Å². The van der Waals surface area contributed by atoms with E-state index in [4.69, 9.17) is 18.9 Å². The minimum absolute atomic E-state index is 0.0117. The molecule has 2 aromatic rings. The molecule has 0 amide bonds. The average molecular weight is 416 g/mol. The third-order valence-corrected chi connectivity index (χ3v) is 4.91. The van der Waals surface area contributed by atoms with Crippen LogP contribution in [0.15, 0.2) is 48.5 Å². The van der Waals surface area contributed by atoms with Crippen LogP contribution < -0.4 is 0 Å². The number of carbonyl (C=O) groups excluding carboxylic acids is 2. The Morgan fingerprint density at radius 3 is 1.93 bits per heavy atom. The summed E-state index contributed by atoms with van der Waals surface area (Å²) in [6.07, 6.45) is -4.69. The Morgan fingerprint density at radius 2 is 1.40 bits per heavy atom. The Balaban J connectivity index is 1.68. The highest BCUT2D eigenvalue weighted by Gasteiger charge is 2.48. The fraction of sp³-hybridized carbons (Fsp3) is 0.391. The number of rotatable bonds is 7. The Kier molecular flexibility index (Phi) is 7.18. The van der Waals surface area contributed by atoms with Crippen LogP contribution in [0.4, 0.5) is 4.39 Å². The molecule has 1 heterocycles. The summed E-state index contributed by atoms with van der Waals surface area (Å²) < 4.78 is 36.2. The van der Waals surface area contributed by atoms with Crippen LogP contribution in [0.25, 0.3) is 0 Å². The molecule has 0 spiro atoms. The van der Waals surface area contributed by atoms with Crippen molar-refractivity contribution in [2.75, 3.05) is 20.3 Å². The molecule has 3 rings (SSSR count). The lowest BCUT2D eigenvalue weighted by Gasteiger charge is -2.20. The van der Waals surface area contributed by atoms with Gasteiger partial charge in [-0.25, -0.2) is 14.0 Å². The second kappa shape index (κ2) is 9.82. The maximum atomic E-state index is 14.9. The quantitative estimate of drug-likeness (QED) is 0.644. The van der Waals surface area contributed by atoms with Crippen molar-refractivity contribution in [2.45, 2.75) is 38.3 Å². The summed E-state index contributed by atoms with van der Waals surface area (Å²) in [6, 6.07) is 13.6. The molecule has 0 saturated carbocycles. The predicted octanol–water partition coefficient (Wildman–Crippen LogP) is 3.44. The lowest BCUT2D eigenvalue weighted by atomic mass is 10.1. The third-order valence-electron chi connectivity index (χ3n) is 4.91. The Morgan fingerprint density at radius 1 is 0.867 bits per heavy atom. The van der Waals surface area contributed by atoms with Gasteiger partial charge in [0.2, 0.25) is 0 Å². The summed E-state index contributed by atoms with van der Waals surface area (Å²) in [5.74, 6) is -1.23. The van der Waals surface area contributed by atoms with E-state index in [1.54, 1.807) is 48.5 Å². The summed E-state index contributed by atoms with van der Waals surface area (Å²) in [5.41, 5.74) is 2.67. The van der Waals surface area contributed by atoms with E-state index in [2.05, 4.69) is 0 Å². The number of aryl methyl sites for hydroxylation is 2. The van der Waals surface area contributed by atoms with Crippen LogP contribution in [0.3, 0.4) is 0 Å². The van der Waals surface area contributed by atoms with Gasteiger partial charge in [0.15, 0.2) is 12.3 Å². The van der Waals surface area contributed by atoms with Gasteiger partial charge in [-0.2, -0.15) is 0 Å². The molecule has 0 bridgehead atoms. The van der Waals surface area contributed by atoms with Crippen LogP contribution in [-0.2, 0) is 18.9 Å². The van der Waals surface area contributed by atoms with E-state index in [0.29, 0.717) is 11.1 Å². The number of halogens is 1. The maximum absolute atomic E-state index is 14.9. The molecular weight excluding hydrogens is 391 g/mol. The largest absolute Gasteiger partial charge is 0.459 e. The topological polar surface area (TPSA) is 71.1 Å². The normalized spacial score (nSPS) is 23.2. The number of alkyl halides is 1. The molecule has 0 aliphatic carbocycles. The first-order chi connectivity index (χ1) is 14.4. The van der Waals surface area contributed by atoms with E-state index in [-0.39, 0.29) is 13.2 Å². The van der Waals surface area contributed by atoms with Gasteiger partial charge in [-0.1, -0.05) is 35.4 Å². The van der Waals surface area contributed by atoms with E-state index in [1.807, 2.05) is 13.8 Å². The van der Waals surface area contributed by atoms with E-state index < -0.39 is 36.4 Å². The smallest absolute Gasteiger partial charge is 0.338 e. The molecule has 1 saturated heterocycles. The fourth-order valence-corrected chi connectivity index (χ4v) is 3.18. The first kappa shape index (κ1) is 21.9. The standard InChI is InChI=1S/C23H25FO6/c1-14-4-8-16(9-5-14)22(25)28-13-19-21(20(24)18(29-19)12-27-3)30-23(26)17-10-6-15(2)7-11-17/h4-11,18-21H,12-13H2,1-3H3/t18?,19-,20-,21-/m1/s1. The number of ether oxygens (including phenoxy) is 4. The Labute approximate surface area is 174 Å². The summed E-state index contributed by atoms with van der Waals surface area (Å²) in [7, 11) is 1.42. The van der Waals surface area contributed by atoms with Crippen molar-refractivity contribution in [2.24, 2.45) is 0 Å². The van der Waals surface area contributed by atoms with Crippen LogP contribution in [0.1, 0.15) is 31.8 Å². The molecule has 4 atom stereocenters. The second-order valence-corrected chi connectivity index (χ2v) is 7.31. The summed E-state index contributed by atoms with van der Waals surface area (Å²) in [4.78, 5) is 24.8. The van der Waals surface area contributed by atoms with Gasteiger partial charge in [-0.3, -0.25) is 0 Å². The van der Waals surface area contributed by atoms with Crippen LogP contribution in [0, 0.1) is 13.8 Å². The monoisotopic (exact) mass is 416 g/mol. The first-order valence-electron chi connectivity index (χ1n) is 9.69. The van der Waals surface area contributed by atoms with Gasteiger partial charge < -0.3 is 18.9 Å². The van der Waals surface area contributed by atoms with Crippen LogP contribution in [-0.4, -0.2) is 56.7 Å². The lowest BCUT2D eigenvalue weighted by molar-refractivity contribution is -0.0543. The zero-order valence-corrected chi connectivity index (χ0v) is 17.2. The van der Waals surface area contributed by atoms with Crippen molar-refractivity contribution in [3.8, 4) is 0 Å². The number of methoxy groups -OCH3 is 1. The maximum Gasteiger partial charge on any atom is 0.338 e. The molecule has 2 aromatic carbocycles. The molecule has 0 aromatic heterocycles. The molecule has 0 N–H and O–H groups in total. The van der Waals surface area contributed by atoms with Gasteiger partial charge in [-0.15, -0.1) is 0 Å². The molecular formula is C23H25FO6. The predicted molar refractivity (Wildman–Crippen MR) is 107 cm³/mol. The SMILES string of the molecule is COCC1O[C@H](COC(=O)c2ccc(C)cc2)[C@@H](OC(=O)c2ccc(C)cc2)[C@@H]1F. The van der Waals surface area contributed by atoms with Gasteiger partial charge in [0, 0.05) is 7.11 Å². The van der Waals surface area contributed by atoms with E-state index in [0.717, 1.165) is 11.1 Å². The zero-order chi connectivity index (χ0) is 21.7. The molecule has 0 radical (unpaired) electrons. The van der Waals surface area contributed by atoms with E-state index in [9.17, 15) is 14.0 Å². The highest BCUT2D eigenvalue weighted by atomic mass is 19.1. The van der Waals surface area contributed by atoms with Crippen LogP contribution >= 0.6 is 0 Å². The Bertz CT molecular complexity index is 864. The molecule has 7 heteroatoms.